The third-order valence-corrected chi connectivity index (χ3v) is 4.35. The maximum Gasteiger partial charge on any atom is 0.0615 e. The lowest BCUT2D eigenvalue weighted by Crippen LogP contribution is -2.46. The molecule has 2 bridgehead atoms. The molecule has 1 saturated heterocycles. The molecule has 86 valence electrons. The van der Waals surface area contributed by atoms with Gasteiger partial charge in [-0.25, -0.2) is 0 Å². The van der Waals surface area contributed by atoms with E-state index in [1.54, 1.807) is 0 Å². The summed E-state index contributed by atoms with van der Waals surface area (Å²) in [6, 6.07) is 10.6. The summed E-state index contributed by atoms with van der Waals surface area (Å²) in [5.41, 5.74) is 1.48. The Hall–Kier alpha value is -0.860. The van der Waals surface area contributed by atoms with Crippen molar-refractivity contribution >= 4 is 0 Å². The number of hydrogen-bond donors (Lipinski definition) is 1. The fraction of sp³-hybridized carbons (Fsp3) is 0.571. The number of benzene rings is 1. The van der Waals surface area contributed by atoms with Crippen molar-refractivity contribution < 1.29 is 5.11 Å². The molecule has 0 amide bonds. The number of hydrogen-bond acceptors (Lipinski definition) is 2. The summed E-state index contributed by atoms with van der Waals surface area (Å²) in [4.78, 5) is 2.50. The van der Waals surface area contributed by atoms with Crippen molar-refractivity contribution in [1.82, 2.24) is 4.90 Å². The molecule has 2 nitrogen and oxygen atoms in total. The third kappa shape index (κ3) is 1.57. The summed E-state index contributed by atoms with van der Waals surface area (Å²) in [5.74, 6) is 0.830. The summed E-state index contributed by atoms with van der Waals surface area (Å²) < 4.78 is 0. The zero-order chi connectivity index (χ0) is 11.0. The number of piperidine rings is 1. The van der Waals surface area contributed by atoms with Crippen LogP contribution in [0, 0.1) is 5.92 Å². The zero-order valence-electron chi connectivity index (χ0n) is 9.60. The lowest BCUT2D eigenvalue weighted by molar-refractivity contribution is 0.0473. The molecule has 1 aromatic rings. The average molecular weight is 217 g/mol. The fourth-order valence-electron chi connectivity index (χ4n) is 3.44. The molecule has 3 rings (SSSR count). The van der Waals surface area contributed by atoms with Gasteiger partial charge in [-0.2, -0.15) is 0 Å². The molecule has 1 aliphatic carbocycles. The van der Waals surface area contributed by atoms with Crippen molar-refractivity contribution in [3.05, 3.63) is 35.9 Å². The molecule has 1 saturated carbocycles. The van der Waals surface area contributed by atoms with Crippen molar-refractivity contribution in [2.45, 2.75) is 31.3 Å². The van der Waals surface area contributed by atoms with Crippen molar-refractivity contribution in [3.8, 4) is 0 Å². The maximum atomic E-state index is 9.65. The van der Waals surface area contributed by atoms with E-state index in [1.165, 1.54) is 31.4 Å². The van der Waals surface area contributed by atoms with Crippen LogP contribution in [-0.2, 0) is 6.54 Å². The molecule has 0 aromatic heterocycles. The predicted molar refractivity (Wildman–Crippen MR) is 64.0 cm³/mol. The quantitative estimate of drug-likeness (QED) is 0.837. The highest BCUT2D eigenvalue weighted by molar-refractivity contribution is 5.16. The fourth-order valence-corrected chi connectivity index (χ4v) is 3.44. The Labute approximate surface area is 96.9 Å². The largest absolute Gasteiger partial charge is 0.394 e. The van der Waals surface area contributed by atoms with Gasteiger partial charge in [-0.05, 0) is 30.7 Å². The summed E-state index contributed by atoms with van der Waals surface area (Å²) in [7, 11) is 0. The van der Waals surface area contributed by atoms with E-state index in [2.05, 4.69) is 35.2 Å². The van der Waals surface area contributed by atoms with E-state index in [-0.39, 0.29) is 5.54 Å². The minimum absolute atomic E-state index is 0.112. The van der Waals surface area contributed by atoms with Crippen LogP contribution in [0.4, 0.5) is 0 Å². The molecule has 1 N–H and O–H groups in total. The minimum Gasteiger partial charge on any atom is -0.394 e. The molecule has 2 unspecified atom stereocenters. The Kier molecular flexibility index (Phi) is 2.49. The van der Waals surface area contributed by atoms with E-state index in [4.69, 9.17) is 0 Å². The predicted octanol–water partition coefficient (Wildman–Crippen LogP) is 2.03. The van der Waals surface area contributed by atoms with E-state index in [0.29, 0.717) is 6.61 Å². The Morgan fingerprint density at radius 2 is 2.12 bits per heavy atom. The second kappa shape index (κ2) is 3.86. The zero-order valence-corrected chi connectivity index (χ0v) is 9.60. The van der Waals surface area contributed by atoms with Crippen LogP contribution < -0.4 is 0 Å². The first-order chi connectivity index (χ1) is 7.82. The highest BCUT2D eigenvalue weighted by Crippen LogP contribution is 2.46. The Morgan fingerprint density at radius 1 is 1.31 bits per heavy atom. The van der Waals surface area contributed by atoms with E-state index in [1.807, 2.05) is 0 Å². The van der Waals surface area contributed by atoms with Gasteiger partial charge in [-0.15, -0.1) is 0 Å². The Morgan fingerprint density at radius 3 is 2.81 bits per heavy atom. The molecule has 16 heavy (non-hydrogen) atoms. The van der Waals surface area contributed by atoms with Crippen LogP contribution in [-0.4, -0.2) is 28.7 Å². The molecule has 1 aromatic carbocycles. The summed E-state index contributed by atoms with van der Waals surface area (Å²) >= 11 is 0. The lowest BCUT2D eigenvalue weighted by Gasteiger charge is -2.37. The molecule has 2 atom stereocenters. The van der Waals surface area contributed by atoms with Crippen LogP contribution >= 0.6 is 0 Å². The number of likely N-dealkylation sites (tertiary alicyclic amines) is 1. The second-order valence-corrected chi connectivity index (χ2v) is 5.36. The van der Waals surface area contributed by atoms with Gasteiger partial charge in [-0.3, -0.25) is 4.90 Å². The summed E-state index contributed by atoms with van der Waals surface area (Å²) in [5, 5.41) is 9.65. The number of nitrogens with zero attached hydrogens (tertiary/aromatic N) is 1. The lowest BCUT2D eigenvalue weighted by atomic mass is 9.97. The van der Waals surface area contributed by atoms with Crippen molar-refractivity contribution in [2.75, 3.05) is 13.2 Å². The number of fused-ring (bicyclic) bond motifs is 2. The van der Waals surface area contributed by atoms with E-state index < -0.39 is 0 Å². The highest BCUT2D eigenvalue weighted by atomic mass is 16.3. The monoisotopic (exact) mass is 217 g/mol. The van der Waals surface area contributed by atoms with Gasteiger partial charge in [0.25, 0.3) is 0 Å². The van der Waals surface area contributed by atoms with Crippen LogP contribution in [0.5, 0.6) is 0 Å². The van der Waals surface area contributed by atoms with Gasteiger partial charge in [-0.1, -0.05) is 30.3 Å². The molecule has 2 fully saturated rings. The summed E-state index contributed by atoms with van der Waals surface area (Å²) in [6.45, 7) is 2.50. The van der Waals surface area contributed by atoms with E-state index in [0.717, 1.165) is 12.5 Å². The molecular formula is C14H19NO. The van der Waals surface area contributed by atoms with Crippen molar-refractivity contribution in [1.29, 1.82) is 0 Å². The number of aliphatic hydroxyl groups is 1. The molecular weight excluding hydrogens is 198 g/mol. The minimum atomic E-state index is 0.112. The SMILES string of the molecule is OCC12CCC(CN1Cc1ccccc1)C2. The van der Waals surface area contributed by atoms with Gasteiger partial charge < -0.3 is 5.11 Å². The van der Waals surface area contributed by atoms with Crippen LogP contribution in [0.3, 0.4) is 0 Å². The first-order valence-electron chi connectivity index (χ1n) is 6.22. The van der Waals surface area contributed by atoms with Crippen LogP contribution in [0.25, 0.3) is 0 Å². The van der Waals surface area contributed by atoms with Crippen molar-refractivity contribution in [3.63, 3.8) is 0 Å². The average Bonchev–Trinajstić information content (AvgIpc) is 2.88. The number of aliphatic hydroxyl groups excluding tert-OH is 1. The van der Waals surface area contributed by atoms with Crippen LogP contribution in [0.15, 0.2) is 30.3 Å². The normalized spacial score (nSPS) is 33.4. The van der Waals surface area contributed by atoms with E-state index in [9.17, 15) is 5.11 Å². The molecule has 2 aliphatic rings. The topological polar surface area (TPSA) is 23.5 Å². The molecule has 2 heteroatoms. The van der Waals surface area contributed by atoms with E-state index >= 15 is 0 Å². The molecule has 0 radical (unpaired) electrons. The van der Waals surface area contributed by atoms with Gasteiger partial charge in [0.2, 0.25) is 0 Å². The van der Waals surface area contributed by atoms with Gasteiger partial charge >= 0.3 is 0 Å². The highest BCUT2D eigenvalue weighted by Gasteiger charge is 2.49. The van der Waals surface area contributed by atoms with Gasteiger partial charge in [0.15, 0.2) is 0 Å². The second-order valence-electron chi connectivity index (χ2n) is 5.36. The Bertz CT molecular complexity index is 364. The van der Waals surface area contributed by atoms with Crippen LogP contribution in [0.2, 0.25) is 0 Å². The maximum absolute atomic E-state index is 9.65. The van der Waals surface area contributed by atoms with Crippen molar-refractivity contribution in [2.24, 2.45) is 5.92 Å². The molecule has 1 heterocycles. The smallest absolute Gasteiger partial charge is 0.0615 e. The Balaban J connectivity index is 1.77. The van der Waals surface area contributed by atoms with Gasteiger partial charge in [0, 0.05) is 18.6 Å². The third-order valence-electron chi connectivity index (χ3n) is 4.35. The standard InChI is InChI=1S/C14H19NO/c16-11-14-7-6-13(8-14)10-15(14)9-12-4-2-1-3-5-12/h1-5,13,16H,6-11H2. The van der Waals surface area contributed by atoms with Gasteiger partial charge in [0.1, 0.15) is 0 Å². The van der Waals surface area contributed by atoms with Gasteiger partial charge in [0.05, 0.1) is 6.61 Å². The molecule has 1 aliphatic heterocycles. The first kappa shape index (κ1) is 10.3. The number of rotatable bonds is 3. The van der Waals surface area contributed by atoms with Crippen LogP contribution in [0.1, 0.15) is 24.8 Å². The molecule has 0 spiro atoms. The summed E-state index contributed by atoms with van der Waals surface area (Å²) in [6.07, 6.45) is 3.70. The first-order valence-corrected chi connectivity index (χ1v) is 6.22.